The van der Waals surface area contributed by atoms with Crippen LogP contribution in [0.1, 0.15) is 43.7 Å². The maximum Gasteiger partial charge on any atom is 0.243 e. The summed E-state index contributed by atoms with van der Waals surface area (Å²) in [6.45, 7) is 6.95. The molecular weight excluding hydrogens is 466 g/mol. The molecule has 2 saturated heterocycles. The minimum Gasteiger partial charge on any atom is -0.376 e. The highest BCUT2D eigenvalue weighted by atomic mass is 32.2. The number of ether oxygens (including phenoxy) is 1. The second kappa shape index (κ2) is 10.0. The first-order chi connectivity index (χ1) is 16.4. The Morgan fingerprint density at radius 3 is 2.79 bits per heavy atom. The molecule has 0 aliphatic carbocycles. The van der Waals surface area contributed by atoms with Crippen LogP contribution in [-0.2, 0) is 27.1 Å². The van der Waals surface area contributed by atoms with Crippen molar-refractivity contribution in [3.05, 3.63) is 53.6 Å². The number of sulfonamides is 1. The molecule has 2 atom stereocenters. The summed E-state index contributed by atoms with van der Waals surface area (Å²) in [6.07, 6.45) is 4.30. The Kier molecular flexibility index (Phi) is 7.02. The number of imidazole rings is 1. The largest absolute Gasteiger partial charge is 0.376 e. The van der Waals surface area contributed by atoms with Crippen LogP contribution in [-0.4, -0.2) is 48.1 Å². The molecule has 3 aromatic rings. The predicted molar refractivity (Wildman–Crippen MR) is 137 cm³/mol. The van der Waals surface area contributed by atoms with Gasteiger partial charge in [-0.15, -0.1) is 0 Å². The number of fused-ring (bicyclic) bond motifs is 1. The summed E-state index contributed by atoms with van der Waals surface area (Å²) in [5, 5.41) is 0.910. The van der Waals surface area contributed by atoms with E-state index in [4.69, 9.17) is 9.72 Å². The van der Waals surface area contributed by atoms with Gasteiger partial charge in [0.25, 0.3) is 0 Å². The summed E-state index contributed by atoms with van der Waals surface area (Å²) >= 11 is 1.70. The van der Waals surface area contributed by atoms with Gasteiger partial charge in [0, 0.05) is 25.4 Å². The lowest BCUT2D eigenvalue weighted by molar-refractivity contribution is 0.0960. The van der Waals surface area contributed by atoms with Crippen molar-refractivity contribution < 1.29 is 13.2 Å². The minimum atomic E-state index is -3.52. The molecule has 34 heavy (non-hydrogen) atoms. The third-order valence-corrected chi connectivity index (χ3v) is 9.71. The molecule has 8 heteroatoms. The van der Waals surface area contributed by atoms with Gasteiger partial charge in [-0.2, -0.15) is 4.31 Å². The monoisotopic (exact) mass is 499 g/mol. The molecule has 2 aliphatic heterocycles. The van der Waals surface area contributed by atoms with Crippen LogP contribution < -0.4 is 0 Å². The number of hydrogen-bond donors (Lipinski definition) is 0. The molecule has 0 spiro atoms. The molecule has 0 amide bonds. The zero-order valence-corrected chi connectivity index (χ0v) is 21.6. The predicted octanol–water partition coefficient (Wildman–Crippen LogP) is 5.24. The van der Waals surface area contributed by atoms with Gasteiger partial charge in [0.05, 0.1) is 28.6 Å². The van der Waals surface area contributed by atoms with Crippen molar-refractivity contribution in [2.75, 3.05) is 19.7 Å². The molecule has 2 aliphatic rings. The molecular formula is C26H33N3O3S2. The van der Waals surface area contributed by atoms with Crippen LogP contribution >= 0.6 is 11.8 Å². The molecule has 2 aromatic carbocycles. The van der Waals surface area contributed by atoms with Crippen LogP contribution in [0.15, 0.2) is 52.5 Å². The first-order valence-corrected chi connectivity index (χ1v) is 14.6. The Bertz CT molecular complexity index is 1270. The average Bonchev–Trinajstić information content (AvgIpc) is 3.46. The van der Waals surface area contributed by atoms with Crippen molar-refractivity contribution in [2.24, 2.45) is 5.92 Å². The maximum atomic E-state index is 13.4. The van der Waals surface area contributed by atoms with Crippen molar-refractivity contribution in [1.82, 2.24) is 13.9 Å². The van der Waals surface area contributed by atoms with Gasteiger partial charge in [-0.1, -0.05) is 48.5 Å². The zero-order valence-electron chi connectivity index (χ0n) is 19.9. The minimum absolute atomic E-state index is 0.175. The molecule has 0 N–H and O–H groups in total. The summed E-state index contributed by atoms with van der Waals surface area (Å²) in [7, 11) is -3.52. The average molecular weight is 500 g/mol. The Morgan fingerprint density at radius 1 is 1.15 bits per heavy atom. The highest BCUT2D eigenvalue weighted by Crippen LogP contribution is 2.31. The fourth-order valence-corrected chi connectivity index (χ4v) is 7.58. The lowest BCUT2D eigenvalue weighted by Crippen LogP contribution is -2.39. The molecule has 3 heterocycles. The third kappa shape index (κ3) is 5.05. The van der Waals surface area contributed by atoms with E-state index < -0.39 is 10.0 Å². The Balaban J connectivity index is 1.47. The molecule has 2 fully saturated rings. The van der Waals surface area contributed by atoms with E-state index in [2.05, 4.69) is 42.7 Å². The number of piperidine rings is 1. The van der Waals surface area contributed by atoms with Crippen molar-refractivity contribution in [1.29, 1.82) is 0 Å². The molecule has 182 valence electrons. The SMILES string of the molecule is Cc1cccc(CSc2nc3cc(S(=O)(=O)N4CCC[C@H](C)C4)ccc3n2C[C@H]2CCCO2)c1. The number of benzene rings is 2. The molecule has 5 rings (SSSR count). The van der Waals surface area contributed by atoms with Crippen molar-refractivity contribution in [3.63, 3.8) is 0 Å². The highest BCUT2D eigenvalue weighted by molar-refractivity contribution is 7.98. The van der Waals surface area contributed by atoms with Gasteiger partial charge >= 0.3 is 0 Å². The van der Waals surface area contributed by atoms with E-state index in [0.717, 1.165) is 60.8 Å². The normalized spacial score (nSPS) is 21.9. The van der Waals surface area contributed by atoms with Gasteiger partial charge in [-0.3, -0.25) is 0 Å². The van der Waals surface area contributed by atoms with Crippen LogP contribution in [0.25, 0.3) is 11.0 Å². The number of thioether (sulfide) groups is 1. The molecule has 0 unspecified atom stereocenters. The molecule has 0 saturated carbocycles. The smallest absolute Gasteiger partial charge is 0.243 e. The maximum absolute atomic E-state index is 13.4. The van der Waals surface area contributed by atoms with Gasteiger partial charge in [0.15, 0.2) is 5.16 Å². The van der Waals surface area contributed by atoms with E-state index >= 15 is 0 Å². The quantitative estimate of drug-likeness (QED) is 0.416. The van der Waals surface area contributed by atoms with E-state index in [9.17, 15) is 8.42 Å². The fourth-order valence-electron chi connectivity index (χ4n) is 4.99. The van der Waals surface area contributed by atoms with E-state index in [1.165, 1.54) is 11.1 Å². The van der Waals surface area contributed by atoms with Crippen LogP contribution in [0.2, 0.25) is 0 Å². The lowest BCUT2D eigenvalue weighted by atomic mass is 10.0. The van der Waals surface area contributed by atoms with Gasteiger partial charge in [0.2, 0.25) is 10.0 Å². The fraction of sp³-hybridized carbons (Fsp3) is 0.500. The Labute approximate surface area is 206 Å². The topological polar surface area (TPSA) is 64.4 Å². The number of rotatable bonds is 7. The second-order valence-corrected chi connectivity index (χ2v) is 12.6. The third-order valence-electron chi connectivity index (χ3n) is 6.80. The first-order valence-electron chi connectivity index (χ1n) is 12.2. The zero-order chi connectivity index (χ0) is 23.7. The summed E-state index contributed by atoms with van der Waals surface area (Å²) < 4.78 is 36.5. The highest BCUT2D eigenvalue weighted by Gasteiger charge is 2.29. The summed E-state index contributed by atoms with van der Waals surface area (Å²) in [4.78, 5) is 5.25. The van der Waals surface area contributed by atoms with Crippen LogP contribution in [0.3, 0.4) is 0 Å². The van der Waals surface area contributed by atoms with E-state index in [1.807, 2.05) is 6.07 Å². The van der Waals surface area contributed by atoms with E-state index in [1.54, 1.807) is 28.2 Å². The lowest BCUT2D eigenvalue weighted by Gasteiger charge is -2.30. The molecule has 6 nitrogen and oxygen atoms in total. The Hall–Kier alpha value is -1.87. The van der Waals surface area contributed by atoms with Crippen LogP contribution in [0.5, 0.6) is 0 Å². The summed E-state index contributed by atoms with van der Waals surface area (Å²) in [5.41, 5.74) is 4.19. The number of nitrogens with zero attached hydrogens (tertiary/aromatic N) is 3. The van der Waals surface area contributed by atoms with Crippen LogP contribution in [0, 0.1) is 12.8 Å². The Morgan fingerprint density at radius 2 is 2.03 bits per heavy atom. The molecule has 0 bridgehead atoms. The van der Waals surface area contributed by atoms with Crippen molar-refractivity contribution in [2.45, 2.75) is 68.0 Å². The van der Waals surface area contributed by atoms with Gasteiger partial charge in [0.1, 0.15) is 0 Å². The number of hydrogen-bond acceptors (Lipinski definition) is 5. The van der Waals surface area contributed by atoms with E-state index in [-0.39, 0.29) is 6.10 Å². The van der Waals surface area contributed by atoms with Gasteiger partial charge in [-0.25, -0.2) is 13.4 Å². The van der Waals surface area contributed by atoms with Crippen molar-refractivity contribution >= 4 is 32.8 Å². The van der Waals surface area contributed by atoms with Gasteiger partial charge < -0.3 is 9.30 Å². The molecule has 1 aromatic heterocycles. The number of aromatic nitrogens is 2. The number of aryl methyl sites for hydroxylation is 1. The van der Waals surface area contributed by atoms with Gasteiger partial charge in [-0.05, 0) is 62.3 Å². The van der Waals surface area contributed by atoms with Crippen molar-refractivity contribution in [3.8, 4) is 0 Å². The summed E-state index contributed by atoms with van der Waals surface area (Å²) in [5.74, 6) is 1.20. The second-order valence-electron chi connectivity index (χ2n) is 9.68. The molecule has 0 radical (unpaired) electrons. The summed E-state index contributed by atoms with van der Waals surface area (Å²) in [6, 6.07) is 14.0. The van der Waals surface area contributed by atoms with E-state index in [0.29, 0.717) is 23.9 Å². The standard InChI is InChI=1S/C26H33N3O3S2/c1-19-6-3-8-21(14-19)18-33-26-27-24-15-23(34(30,31)28-12-4-7-20(2)16-28)10-11-25(24)29(26)17-22-9-5-13-32-22/h3,6,8,10-11,14-15,20,22H,4-5,7,9,12-13,16-18H2,1-2H3/t20-,22+/m0/s1. The van der Waals surface area contributed by atoms with Crippen LogP contribution in [0.4, 0.5) is 0 Å². The first kappa shape index (κ1) is 23.9.